The molecule has 1 aliphatic rings. The standard InChI is InChI=1S/C18H16ClN3O4/c1-11-12(16(19)21(2)20-11)7-8-15(23)26-10-9-22-17(24)13-5-3-4-6-14(13)18(22)25/h3-8H,9-10H2,1-2H3/b8-7+. The lowest BCUT2D eigenvalue weighted by atomic mass is 10.1. The second-order valence-corrected chi connectivity index (χ2v) is 6.08. The number of ether oxygens (including phenoxy) is 1. The lowest BCUT2D eigenvalue weighted by Gasteiger charge is -2.13. The fourth-order valence-electron chi connectivity index (χ4n) is 2.71. The van der Waals surface area contributed by atoms with Gasteiger partial charge < -0.3 is 4.74 Å². The molecule has 0 N–H and O–H groups in total. The van der Waals surface area contributed by atoms with E-state index in [1.807, 2.05) is 0 Å². The number of esters is 1. The molecule has 0 saturated carbocycles. The zero-order valence-electron chi connectivity index (χ0n) is 14.2. The summed E-state index contributed by atoms with van der Waals surface area (Å²) in [5.41, 5.74) is 2.05. The Morgan fingerprint density at radius 2 is 1.85 bits per heavy atom. The van der Waals surface area contributed by atoms with E-state index >= 15 is 0 Å². The maximum absolute atomic E-state index is 12.2. The first-order valence-electron chi connectivity index (χ1n) is 7.89. The second kappa shape index (κ2) is 7.13. The van der Waals surface area contributed by atoms with Crippen LogP contribution in [0.4, 0.5) is 0 Å². The van der Waals surface area contributed by atoms with Crippen LogP contribution in [0, 0.1) is 6.92 Å². The van der Waals surface area contributed by atoms with Gasteiger partial charge in [-0.25, -0.2) is 4.79 Å². The smallest absolute Gasteiger partial charge is 0.330 e. The number of aryl methyl sites for hydroxylation is 2. The van der Waals surface area contributed by atoms with Crippen LogP contribution >= 0.6 is 11.6 Å². The van der Waals surface area contributed by atoms with Gasteiger partial charge in [-0.15, -0.1) is 0 Å². The van der Waals surface area contributed by atoms with Crippen molar-refractivity contribution in [1.29, 1.82) is 0 Å². The minimum absolute atomic E-state index is 0.00139. The third kappa shape index (κ3) is 3.25. The summed E-state index contributed by atoms with van der Waals surface area (Å²) < 4.78 is 6.57. The maximum atomic E-state index is 12.2. The average Bonchev–Trinajstić information content (AvgIpc) is 3.01. The number of hydrogen-bond acceptors (Lipinski definition) is 5. The number of imide groups is 1. The summed E-state index contributed by atoms with van der Waals surface area (Å²) >= 11 is 6.08. The Balaban J connectivity index is 1.56. The number of aromatic nitrogens is 2. The van der Waals surface area contributed by atoms with Gasteiger partial charge in [-0.3, -0.25) is 19.2 Å². The van der Waals surface area contributed by atoms with E-state index in [0.29, 0.717) is 27.5 Å². The molecule has 2 amide bonds. The van der Waals surface area contributed by atoms with Crippen molar-refractivity contribution < 1.29 is 19.1 Å². The van der Waals surface area contributed by atoms with E-state index in [0.717, 1.165) is 4.90 Å². The van der Waals surface area contributed by atoms with Gasteiger partial charge >= 0.3 is 5.97 Å². The molecule has 0 fully saturated rings. The van der Waals surface area contributed by atoms with Crippen molar-refractivity contribution in [3.63, 3.8) is 0 Å². The Kier molecular flexibility index (Phi) is 4.90. The maximum Gasteiger partial charge on any atom is 0.330 e. The van der Waals surface area contributed by atoms with Crippen LogP contribution < -0.4 is 0 Å². The van der Waals surface area contributed by atoms with Gasteiger partial charge in [0.1, 0.15) is 11.8 Å². The van der Waals surface area contributed by atoms with E-state index in [1.165, 1.54) is 16.8 Å². The van der Waals surface area contributed by atoms with Crippen molar-refractivity contribution in [3.8, 4) is 0 Å². The fraction of sp³-hybridized carbons (Fsp3) is 0.222. The molecular formula is C18H16ClN3O4. The predicted octanol–water partition coefficient (Wildman–Crippen LogP) is 2.23. The van der Waals surface area contributed by atoms with Gasteiger partial charge in [0.05, 0.1) is 23.4 Å². The first-order valence-corrected chi connectivity index (χ1v) is 8.27. The number of amides is 2. The van der Waals surface area contributed by atoms with Gasteiger partial charge in [0.25, 0.3) is 11.8 Å². The van der Waals surface area contributed by atoms with Gasteiger partial charge in [0.2, 0.25) is 0 Å². The molecule has 0 bridgehead atoms. The van der Waals surface area contributed by atoms with Gasteiger partial charge in [0, 0.05) is 18.7 Å². The first-order chi connectivity index (χ1) is 12.4. The average molecular weight is 374 g/mol. The molecule has 26 heavy (non-hydrogen) atoms. The van der Waals surface area contributed by atoms with Crippen LogP contribution in [0.15, 0.2) is 30.3 Å². The third-order valence-electron chi connectivity index (χ3n) is 4.02. The van der Waals surface area contributed by atoms with Crippen molar-refractivity contribution in [2.24, 2.45) is 7.05 Å². The minimum atomic E-state index is -0.596. The van der Waals surface area contributed by atoms with Crippen LogP contribution in [0.5, 0.6) is 0 Å². The number of carbonyl (C=O) groups excluding carboxylic acids is 3. The Morgan fingerprint density at radius 1 is 1.23 bits per heavy atom. The highest BCUT2D eigenvalue weighted by Gasteiger charge is 2.34. The quantitative estimate of drug-likeness (QED) is 0.456. The van der Waals surface area contributed by atoms with Crippen LogP contribution in [0.1, 0.15) is 32.0 Å². The number of halogens is 1. The Labute approximate surface area is 154 Å². The van der Waals surface area contributed by atoms with Crippen LogP contribution in [0.25, 0.3) is 6.08 Å². The van der Waals surface area contributed by atoms with E-state index in [4.69, 9.17) is 16.3 Å². The molecule has 1 aliphatic heterocycles. The summed E-state index contributed by atoms with van der Waals surface area (Å²) in [5.74, 6) is -1.36. The fourth-order valence-corrected chi connectivity index (χ4v) is 2.95. The molecule has 0 atom stereocenters. The van der Waals surface area contributed by atoms with E-state index in [1.54, 1.807) is 38.2 Å². The van der Waals surface area contributed by atoms with Crippen molar-refractivity contribution in [2.45, 2.75) is 6.92 Å². The van der Waals surface area contributed by atoms with E-state index < -0.39 is 5.97 Å². The predicted molar refractivity (Wildman–Crippen MR) is 94.8 cm³/mol. The number of rotatable bonds is 5. The van der Waals surface area contributed by atoms with Crippen LogP contribution in [-0.4, -0.2) is 45.6 Å². The van der Waals surface area contributed by atoms with Crippen LogP contribution in [0.2, 0.25) is 5.15 Å². The second-order valence-electron chi connectivity index (χ2n) is 5.72. The highest BCUT2D eigenvalue weighted by Crippen LogP contribution is 2.22. The third-order valence-corrected chi connectivity index (χ3v) is 4.47. The molecule has 2 aromatic rings. The molecule has 1 aromatic heterocycles. The van der Waals surface area contributed by atoms with Gasteiger partial charge in [-0.2, -0.15) is 5.10 Å². The summed E-state index contributed by atoms with van der Waals surface area (Å²) in [7, 11) is 1.70. The van der Waals surface area contributed by atoms with Gasteiger partial charge in [-0.1, -0.05) is 23.7 Å². The SMILES string of the molecule is Cc1nn(C)c(Cl)c1/C=C/C(=O)OCCN1C(=O)c2ccccc2C1=O. The monoisotopic (exact) mass is 373 g/mol. The topological polar surface area (TPSA) is 81.5 Å². The van der Waals surface area contributed by atoms with E-state index in [9.17, 15) is 14.4 Å². The molecule has 1 aromatic carbocycles. The molecule has 3 rings (SSSR count). The summed E-state index contributed by atoms with van der Waals surface area (Å²) in [4.78, 5) is 37.3. The Hall–Kier alpha value is -2.93. The molecule has 2 heterocycles. The summed E-state index contributed by atoms with van der Waals surface area (Å²) in [6.45, 7) is 1.69. The minimum Gasteiger partial charge on any atom is -0.461 e. The molecule has 0 aliphatic carbocycles. The largest absolute Gasteiger partial charge is 0.461 e. The molecule has 7 nitrogen and oxygen atoms in total. The molecule has 0 unspecified atom stereocenters. The van der Waals surface area contributed by atoms with Gasteiger partial charge in [0.15, 0.2) is 0 Å². The van der Waals surface area contributed by atoms with Crippen LogP contribution in [-0.2, 0) is 16.6 Å². The van der Waals surface area contributed by atoms with Gasteiger partial charge in [-0.05, 0) is 25.1 Å². The number of benzene rings is 1. The molecular weight excluding hydrogens is 358 g/mol. The lowest BCUT2D eigenvalue weighted by molar-refractivity contribution is -0.137. The van der Waals surface area contributed by atoms with Crippen molar-refractivity contribution in [2.75, 3.05) is 13.2 Å². The molecule has 8 heteroatoms. The van der Waals surface area contributed by atoms with E-state index in [2.05, 4.69) is 5.10 Å². The number of fused-ring (bicyclic) bond motifs is 1. The summed E-state index contributed by atoms with van der Waals surface area (Å²) in [6.07, 6.45) is 2.76. The Bertz CT molecular complexity index is 898. The summed E-state index contributed by atoms with van der Waals surface area (Å²) in [5, 5.41) is 4.55. The van der Waals surface area contributed by atoms with Crippen LogP contribution in [0.3, 0.4) is 0 Å². The molecule has 0 spiro atoms. The highest BCUT2D eigenvalue weighted by atomic mass is 35.5. The van der Waals surface area contributed by atoms with Crippen molar-refractivity contribution in [1.82, 2.24) is 14.7 Å². The van der Waals surface area contributed by atoms with E-state index in [-0.39, 0.29) is 25.0 Å². The zero-order chi connectivity index (χ0) is 18.8. The molecule has 134 valence electrons. The van der Waals surface area contributed by atoms with Crippen molar-refractivity contribution >= 4 is 35.5 Å². The number of hydrogen-bond donors (Lipinski definition) is 0. The molecule has 0 radical (unpaired) electrons. The Morgan fingerprint density at radius 3 is 2.38 bits per heavy atom. The number of nitrogens with zero attached hydrogens (tertiary/aromatic N) is 3. The zero-order valence-corrected chi connectivity index (χ0v) is 15.0. The molecule has 0 saturated heterocycles. The first kappa shape index (κ1) is 17.9. The highest BCUT2D eigenvalue weighted by molar-refractivity contribution is 6.31. The van der Waals surface area contributed by atoms with Crippen molar-refractivity contribution in [3.05, 3.63) is 57.9 Å². The number of carbonyl (C=O) groups is 3. The summed E-state index contributed by atoms with van der Waals surface area (Å²) in [6, 6.07) is 6.60. The normalized spacial score (nSPS) is 13.6. The lowest BCUT2D eigenvalue weighted by Crippen LogP contribution is -2.33.